The standard InChI is InChI=1S/C15H24N2O4/c1-5-6-11(16)15(18)17-9-10-7-13(20-3)14(21-4)8-12(10)19-2/h7-8,11H,5-6,9,16H2,1-4H3,(H,17,18)/t11-/m0/s1. The molecule has 6 heteroatoms. The average Bonchev–Trinajstić information content (AvgIpc) is 2.51. The summed E-state index contributed by atoms with van der Waals surface area (Å²) < 4.78 is 15.8. The van der Waals surface area contributed by atoms with Gasteiger partial charge < -0.3 is 25.3 Å². The molecule has 1 rings (SSSR count). The predicted molar refractivity (Wildman–Crippen MR) is 80.8 cm³/mol. The molecule has 118 valence electrons. The molecule has 1 aromatic carbocycles. The molecule has 0 unspecified atom stereocenters. The summed E-state index contributed by atoms with van der Waals surface area (Å²) in [7, 11) is 4.68. The maximum absolute atomic E-state index is 11.9. The lowest BCUT2D eigenvalue weighted by Gasteiger charge is -2.16. The average molecular weight is 296 g/mol. The van der Waals surface area contributed by atoms with Crippen LogP contribution in [-0.4, -0.2) is 33.3 Å². The van der Waals surface area contributed by atoms with Crippen molar-refractivity contribution in [3.05, 3.63) is 17.7 Å². The smallest absolute Gasteiger partial charge is 0.237 e. The molecule has 0 aromatic heterocycles. The molecule has 0 bridgehead atoms. The van der Waals surface area contributed by atoms with E-state index in [2.05, 4.69) is 5.32 Å². The Balaban J connectivity index is 2.84. The van der Waals surface area contributed by atoms with Gasteiger partial charge in [-0.15, -0.1) is 0 Å². The fourth-order valence-corrected chi connectivity index (χ4v) is 1.99. The van der Waals surface area contributed by atoms with Crippen LogP contribution in [0.1, 0.15) is 25.3 Å². The lowest BCUT2D eigenvalue weighted by molar-refractivity contribution is -0.122. The van der Waals surface area contributed by atoms with Gasteiger partial charge in [0.1, 0.15) is 5.75 Å². The van der Waals surface area contributed by atoms with Crippen molar-refractivity contribution in [2.75, 3.05) is 21.3 Å². The van der Waals surface area contributed by atoms with Gasteiger partial charge >= 0.3 is 0 Å². The third-order valence-electron chi connectivity index (χ3n) is 3.18. The Morgan fingerprint density at radius 1 is 1.14 bits per heavy atom. The molecule has 0 radical (unpaired) electrons. The molecular formula is C15H24N2O4. The van der Waals surface area contributed by atoms with E-state index in [-0.39, 0.29) is 5.91 Å². The Morgan fingerprint density at radius 3 is 2.24 bits per heavy atom. The molecule has 1 atom stereocenters. The number of rotatable bonds is 8. The van der Waals surface area contributed by atoms with Gasteiger partial charge in [-0.3, -0.25) is 4.79 Å². The lowest BCUT2D eigenvalue weighted by Crippen LogP contribution is -2.40. The highest BCUT2D eigenvalue weighted by atomic mass is 16.5. The number of carbonyl (C=O) groups excluding carboxylic acids is 1. The third-order valence-corrected chi connectivity index (χ3v) is 3.18. The SMILES string of the molecule is CCC[C@H](N)C(=O)NCc1cc(OC)c(OC)cc1OC. The first kappa shape index (κ1) is 17.1. The van der Waals surface area contributed by atoms with Gasteiger partial charge in [-0.05, 0) is 12.5 Å². The van der Waals surface area contributed by atoms with Crippen LogP contribution in [0.15, 0.2) is 12.1 Å². The minimum atomic E-state index is -0.485. The minimum absolute atomic E-state index is 0.173. The largest absolute Gasteiger partial charge is 0.496 e. The van der Waals surface area contributed by atoms with Crippen LogP contribution in [0, 0.1) is 0 Å². The zero-order valence-corrected chi connectivity index (χ0v) is 13.1. The first-order chi connectivity index (χ1) is 10.1. The molecule has 1 amide bonds. The predicted octanol–water partition coefficient (Wildman–Crippen LogP) is 1.46. The van der Waals surface area contributed by atoms with Gasteiger partial charge in [0.2, 0.25) is 5.91 Å². The number of benzene rings is 1. The summed E-state index contributed by atoms with van der Waals surface area (Å²) >= 11 is 0. The molecule has 0 aliphatic heterocycles. The van der Waals surface area contributed by atoms with E-state index in [4.69, 9.17) is 19.9 Å². The van der Waals surface area contributed by atoms with E-state index in [0.29, 0.717) is 30.2 Å². The number of amides is 1. The van der Waals surface area contributed by atoms with Crippen molar-refractivity contribution in [1.82, 2.24) is 5.32 Å². The van der Waals surface area contributed by atoms with Gasteiger partial charge in [-0.2, -0.15) is 0 Å². The second-order valence-electron chi connectivity index (χ2n) is 4.63. The molecule has 0 aliphatic rings. The molecule has 3 N–H and O–H groups in total. The van der Waals surface area contributed by atoms with Crippen LogP contribution in [0.4, 0.5) is 0 Å². The van der Waals surface area contributed by atoms with Crippen molar-refractivity contribution >= 4 is 5.91 Å². The van der Waals surface area contributed by atoms with Crippen LogP contribution in [0.25, 0.3) is 0 Å². The summed E-state index contributed by atoms with van der Waals surface area (Å²) in [4.78, 5) is 11.9. The number of carbonyl (C=O) groups is 1. The van der Waals surface area contributed by atoms with Gasteiger partial charge in [0, 0.05) is 18.2 Å². The summed E-state index contributed by atoms with van der Waals surface area (Å²) in [6, 6.07) is 3.02. The van der Waals surface area contributed by atoms with Crippen LogP contribution in [-0.2, 0) is 11.3 Å². The Bertz CT molecular complexity index is 477. The van der Waals surface area contributed by atoms with E-state index in [1.165, 1.54) is 0 Å². The Morgan fingerprint density at radius 2 is 1.71 bits per heavy atom. The number of ether oxygens (including phenoxy) is 3. The van der Waals surface area contributed by atoms with Crippen molar-refractivity contribution in [3.63, 3.8) is 0 Å². The van der Waals surface area contributed by atoms with Crippen molar-refractivity contribution in [1.29, 1.82) is 0 Å². The molecule has 0 saturated carbocycles. The summed E-state index contributed by atoms with van der Waals surface area (Å²) in [5.41, 5.74) is 6.57. The van der Waals surface area contributed by atoms with E-state index in [1.807, 2.05) is 6.92 Å². The van der Waals surface area contributed by atoms with E-state index in [0.717, 1.165) is 12.0 Å². The quantitative estimate of drug-likeness (QED) is 0.759. The third kappa shape index (κ3) is 4.53. The van der Waals surface area contributed by atoms with Crippen molar-refractivity contribution in [2.24, 2.45) is 5.73 Å². The zero-order valence-electron chi connectivity index (χ0n) is 13.1. The minimum Gasteiger partial charge on any atom is -0.496 e. The zero-order chi connectivity index (χ0) is 15.8. The van der Waals surface area contributed by atoms with Crippen LogP contribution < -0.4 is 25.3 Å². The summed E-state index contributed by atoms with van der Waals surface area (Å²) in [5, 5.41) is 2.81. The number of methoxy groups -OCH3 is 3. The van der Waals surface area contributed by atoms with Gasteiger partial charge in [0.15, 0.2) is 11.5 Å². The van der Waals surface area contributed by atoms with Crippen LogP contribution in [0.5, 0.6) is 17.2 Å². The highest BCUT2D eigenvalue weighted by Gasteiger charge is 2.15. The molecule has 0 aliphatic carbocycles. The number of hydrogen-bond acceptors (Lipinski definition) is 5. The second-order valence-corrected chi connectivity index (χ2v) is 4.63. The fourth-order valence-electron chi connectivity index (χ4n) is 1.99. The fraction of sp³-hybridized carbons (Fsp3) is 0.533. The lowest BCUT2D eigenvalue weighted by atomic mass is 10.1. The van der Waals surface area contributed by atoms with E-state index >= 15 is 0 Å². The number of nitrogens with two attached hydrogens (primary N) is 1. The molecule has 0 heterocycles. The molecular weight excluding hydrogens is 272 g/mol. The Kier molecular flexibility index (Phi) is 6.81. The number of hydrogen-bond donors (Lipinski definition) is 2. The molecule has 0 fully saturated rings. The first-order valence-corrected chi connectivity index (χ1v) is 6.89. The van der Waals surface area contributed by atoms with E-state index < -0.39 is 6.04 Å². The van der Waals surface area contributed by atoms with Crippen molar-refractivity contribution < 1.29 is 19.0 Å². The monoisotopic (exact) mass is 296 g/mol. The van der Waals surface area contributed by atoms with Gasteiger partial charge in [0.05, 0.1) is 27.4 Å². The molecule has 21 heavy (non-hydrogen) atoms. The van der Waals surface area contributed by atoms with Crippen LogP contribution in [0.3, 0.4) is 0 Å². The Labute approximate surface area is 125 Å². The van der Waals surface area contributed by atoms with Crippen molar-refractivity contribution in [3.8, 4) is 17.2 Å². The summed E-state index contributed by atoms with van der Waals surface area (Å²) in [6.07, 6.45) is 1.53. The second kappa shape index (κ2) is 8.36. The Hall–Kier alpha value is -1.95. The summed E-state index contributed by atoms with van der Waals surface area (Å²) in [6.45, 7) is 2.31. The molecule has 1 aromatic rings. The normalized spacial score (nSPS) is 11.7. The van der Waals surface area contributed by atoms with Crippen LogP contribution >= 0.6 is 0 Å². The molecule has 0 spiro atoms. The van der Waals surface area contributed by atoms with E-state index in [9.17, 15) is 4.79 Å². The number of nitrogens with one attached hydrogen (secondary N) is 1. The van der Waals surface area contributed by atoms with Gasteiger partial charge in [-0.1, -0.05) is 13.3 Å². The highest BCUT2D eigenvalue weighted by Crippen LogP contribution is 2.34. The van der Waals surface area contributed by atoms with E-state index in [1.54, 1.807) is 33.5 Å². The maximum atomic E-state index is 11.9. The van der Waals surface area contributed by atoms with Gasteiger partial charge in [-0.25, -0.2) is 0 Å². The summed E-state index contributed by atoms with van der Waals surface area (Å²) in [5.74, 6) is 1.61. The maximum Gasteiger partial charge on any atom is 0.237 e. The van der Waals surface area contributed by atoms with Crippen molar-refractivity contribution in [2.45, 2.75) is 32.4 Å². The van der Waals surface area contributed by atoms with Crippen LogP contribution in [0.2, 0.25) is 0 Å². The first-order valence-electron chi connectivity index (χ1n) is 6.89. The topological polar surface area (TPSA) is 82.8 Å². The van der Waals surface area contributed by atoms with Gasteiger partial charge in [0.25, 0.3) is 0 Å². The highest BCUT2D eigenvalue weighted by molar-refractivity contribution is 5.81. The molecule has 6 nitrogen and oxygen atoms in total. The molecule has 0 saturated heterocycles.